The van der Waals surface area contributed by atoms with Crippen LogP contribution >= 0.6 is 0 Å². The van der Waals surface area contributed by atoms with Crippen molar-refractivity contribution in [3.63, 3.8) is 0 Å². The van der Waals surface area contributed by atoms with E-state index in [1.54, 1.807) is 12.3 Å². The lowest BCUT2D eigenvalue weighted by Crippen LogP contribution is -2.14. The minimum atomic E-state index is -0.166. The van der Waals surface area contributed by atoms with Gasteiger partial charge in [-0.2, -0.15) is 0 Å². The normalized spacial score (nSPS) is 10.9. The summed E-state index contributed by atoms with van der Waals surface area (Å²) in [5, 5.41) is 8.63. The Morgan fingerprint density at radius 2 is 1.59 bits per heavy atom. The minimum absolute atomic E-state index is 0.0775. The number of hydrogen-bond acceptors (Lipinski definition) is 4. The molecule has 0 saturated heterocycles. The number of anilines is 3. The molecule has 0 fully saturated rings. The second-order valence-electron chi connectivity index (χ2n) is 7.50. The predicted molar refractivity (Wildman–Crippen MR) is 128 cm³/mol. The van der Waals surface area contributed by atoms with Gasteiger partial charge < -0.3 is 15.6 Å². The van der Waals surface area contributed by atoms with E-state index in [0.29, 0.717) is 23.1 Å². The van der Waals surface area contributed by atoms with Crippen molar-refractivity contribution < 1.29 is 4.79 Å². The maximum atomic E-state index is 12.4. The van der Waals surface area contributed by atoms with Crippen LogP contribution in [0.5, 0.6) is 0 Å². The van der Waals surface area contributed by atoms with Gasteiger partial charge in [0, 0.05) is 33.7 Å². The number of pyridine rings is 2. The second-order valence-corrected chi connectivity index (χ2v) is 7.50. The molecule has 3 aromatic carbocycles. The lowest BCUT2D eigenvalue weighted by molar-refractivity contribution is -0.115. The summed E-state index contributed by atoms with van der Waals surface area (Å²) in [4.78, 5) is 32.0. The van der Waals surface area contributed by atoms with E-state index in [0.717, 1.165) is 27.7 Å². The van der Waals surface area contributed by atoms with Crippen molar-refractivity contribution in [2.45, 2.75) is 6.42 Å². The molecule has 0 saturated carbocycles. The number of carbonyl (C=O) groups excluding carboxylic acids is 1. The zero-order chi connectivity index (χ0) is 21.9. The van der Waals surface area contributed by atoms with E-state index in [-0.39, 0.29) is 11.5 Å². The van der Waals surface area contributed by atoms with Gasteiger partial charge in [-0.25, -0.2) is 4.98 Å². The monoisotopic (exact) mass is 420 g/mol. The van der Waals surface area contributed by atoms with Crippen LogP contribution in [-0.4, -0.2) is 15.9 Å². The molecule has 1 amide bonds. The first-order valence-corrected chi connectivity index (χ1v) is 10.3. The van der Waals surface area contributed by atoms with E-state index in [1.165, 1.54) is 0 Å². The third kappa shape index (κ3) is 3.94. The molecule has 0 aliphatic carbocycles. The molecule has 0 radical (unpaired) electrons. The Hall–Kier alpha value is -4.45. The molecule has 0 unspecified atom stereocenters. The van der Waals surface area contributed by atoms with E-state index in [2.05, 4.69) is 20.6 Å². The number of H-pyrrole nitrogens is 1. The van der Waals surface area contributed by atoms with Gasteiger partial charge in [0.15, 0.2) is 0 Å². The zero-order valence-corrected chi connectivity index (χ0v) is 17.1. The van der Waals surface area contributed by atoms with Crippen molar-refractivity contribution in [2.75, 3.05) is 10.6 Å². The first-order chi connectivity index (χ1) is 15.7. The smallest absolute Gasteiger partial charge is 0.257 e. The molecule has 0 aliphatic rings. The zero-order valence-electron chi connectivity index (χ0n) is 17.1. The van der Waals surface area contributed by atoms with Gasteiger partial charge in [-0.15, -0.1) is 0 Å². The Morgan fingerprint density at radius 3 is 2.44 bits per heavy atom. The Morgan fingerprint density at radius 1 is 0.844 bits per heavy atom. The fourth-order valence-electron chi connectivity index (χ4n) is 3.82. The summed E-state index contributed by atoms with van der Waals surface area (Å²) in [5.74, 6) is -0.0775. The Bertz CT molecular complexity index is 1490. The van der Waals surface area contributed by atoms with Gasteiger partial charge in [-0.3, -0.25) is 9.59 Å². The van der Waals surface area contributed by atoms with Crippen LogP contribution in [0.4, 0.5) is 17.1 Å². The molecule has 3 N–H and O–H groups in total. The summed E-state index contributed by atoms with van der Waals surface area (Å²) in [6.45, 7) is 0. The van der Waals surface area contributed by atoms with Crippen LogP contribution < -0.4 is 16.2 Å². The summed E-state index contributed by atoms with van der Waals surface area (Å²) < 4.78 is 0. The van der Waals surface area contributed by atoms with Crippen LogP contribution in [0, 0.1) is 0 Å². The molecule has 0 bridgehead atoms. The van der Waals surface area contributed by atoms with E-state index in [4.69, 9.17) is 0 Å². The second kappa shape index (κ2) is 8.35. The van der Waals surface area contributed by atoms with Gasteiger partial charge in [0.05, 0.1) is 12.1 Å². The van der Waals surface area contributed by atoms with Gasteiger partial charge in [-0.1, -0.05) is 54.6 Å². The highest BCUT2D eigenvalue weighted by molar-refractivity contribution is 6.10. The van der Waals surface area contributed by atoms with Crippen LogP contribution in [0.25, 0.3) is 21.8 Å². The van der Waals surface area contributed by atoms with Crippen molar-refractivity contribution in [3.8, 4) is 0 Å². The number of fused-ring (bicyclic) bond motifs is 3. The Labute approximate surface area is 184 Å². The number of aromatic amines is 1. The molecule has 0 atom stereocenters. The van der Waals surface area contributed by atoms with E-state index >= 15 is 0 Å². The summed E-state index contributed by atoms with van der Waals surface area (Å²) in [6, 6.07) is 26.5. The highest BCUT2D eigenvalue weighted by atomic mass is 16.1. The number of aromatic nitrogens is 2. The SMILES string of the molecule is O=C(Cc1ccccc1)Nc1cccc(Nc2ccnc3[nH]c(=O)c4ccccc4c23)c1. The van der Waals surface area contributed by atoms with Crippen molar-refractivity contribution >= 4 is 44.8 Å². The predicted octanol–water partition coefficient (Wildman–Crippen LogP) is 5.00. The molecule has 6 nitrogen and oxygen atoms in total. The molecular weight excluding hydrogens is 400 g/mol. The molecule has 5 aromatic rings. The van der Waals surface area contributed by atoms with Crippen LogP contribution in [0.3, 0.4) is 0 Å². The van der Waals surface area contributed by atoms with Gasteiger partial charge in [0.2, 0.25) is 5.91 Å². The van der Waals surface area contributed by atoms with Crippen molar-refractivity contribution in [2.24, 2.45) is 0 Å². The van der Waals surface area contributed by atoms with Gasteiger partial charge in [0.25, 0.3) is 5.56 Å². The molecule has 6 heteroatoms. The van der Waals surface area contributed by atoms with Crippen molar-refractivity contribution in [1.82, 2.24) is 9.97 Å². The number of benzene rings is 3. The number of rotatable bonds is 5. The summed E-state index contributed by atoms with van der Waals surface area (Å²) in [6.07, 6.45) is 1.97. The first-order valence-electron chi connectivity index (χ1n) is 10.3. The van der Waals surface area contributed by atoms with Gasteiger partial charge in [0.1, 0.15) is 5.65 Å². The number of hydrogen-bond donors (Lipinski definition) is 3. The Kier molecular flexibility index (Phi) is 5.09. The molecule has 2 heterocycles. The Balaban J connectivity index is 1.44. The maximum absolute atomic E-state index is 12.4. The molecule has 156 valence electrons. The molecular formula is C26H20N4O2. The molecule has 2 aromatic heterocycles. The van der Waals surface area contributed by atoms with Crippen molar-refractivity contribution in [1.29, 1.82) is 0 Å². The largest absolute Gasteiger partial charge is 0.355 e. The number of carbonyl (C=O) groups is 1. The number of nitrogens with one attached hydrogen (secondary N) is 3. The van der Waals surface area contributed by atoms with Gasteiger partial charge >= 0.3 is 0 Å². The van der Waals surface area contributed by atoms with Crippen LogP contribution in [-0.2, 0) is 11.2 Å². The third-order valence-corrected chi connectivity index (χ3v) is 5.26. The third-order valence-electron chi connectivity index (χ3n) is 5.26. The van der Waals surface area contributed by atoms with E-state index in [9.17, 15) is 9.59 Å². The fraction of sp³-hybridized carbons (Fsp3) is 0.0385. The van der Waals surface area contributed by atoms with Crippen molar-refractivity contribution in [3.05, 3.63) is 107 Å². The first kappa shape index (κ1) is 19.5. The topological polar surface area (TPSA) is 86.9 Å². The highest BCUT2D eigenvalue weighted by Crippen LogP contribution is 2.30. The maximum Gasteiger partial charge on any atom is 0.257 e. The van der Waals surface area contributed by atoms with E-state index < -0.39 is 0 Å². The fourth-order valence-corrected chi connectivity index (χ4v) is 3.82. The number of nitrogens with zero attached hydrogens (tertiary/aromatic N) is 1. The molecule has 0 spiro atoms. The average molecular weight is 420 g/mol. The molecule has 0 aliphatic heterocycles. The van der Waals surface area contributed by atoms with Crippen LogP contribution in [0.15, 0.2) is 95.9 Å². The lowest BCUT2D eigenvalue weighted by Gasteiger charge is -2.13. The van der Waals surface area contributed by atoms with E-state index in [1.807, 2.05) is 78.9 Å². The minimum Gasteiger partial charge on any atom is -0.355 e. The quantitative estimate of drug-likeness (QED) is 0.349. The molecule has 32 heavy (non-hydrogen) atoms. The molecule has 5 rings (SSSR count). The average Bonchev–Trinajstić information content (AvgIpc) is 2.80. The highest BCUT2D eigenvalue weighted by Gasteiger charge is 2.11. The summed E-state index contributed by atoms with van der Waals surface area (Å²) >= 11 is 0. The summed E-state index contributed by atoms with van der Waals surface area (Å²) in [7, 11) is 0. The standard InChI is InChI=1S/C26H20N4O2/c31-23(15-17-7-2-1-3-8-17)29-19-10-6-9-18(16-19)28-22-13-14-27-25-24(22)20-11-4-5-12-21(20)26(32)30-25/h1-14,16H,15H2,(H,29,31)(H2,27,28,30,32). The van der Waals surface area contributed by atoms with Crippen LogP contribution in [0.2, 0.25) is 0 Å². The summed E-state index contributed by atoms with van der Waals surface area (Å²) in [5.41, 5.74) is 3.64. The van der Waals surface area contributed by atoms with Gasteiger partial charge in [-0.05, 0) is 35.9 Å². The number of amides is 1. The lowest BCUT2D eigenvalue weighted by atomic mass is 10.1. The van der Waals surface area contributed by atoms with Crippen LogP contribution in [0.1, 0.15) is 5.56 Å².